The number of fused-ring (bicyclic) bond motifs is 1. The third-order valence-corrected chi connectivity index (χ3v) is 4.11. The molecule has 0 aliphatic carbocycles. The summed E-state index contributed by atoms with van der Waals surface area (Å²) in [5.74, 6) is 1.23. The molecule has 4 aromatic rings. The van der Waals surface area contributed by atoms with Crippen LogP contribution in [0.5, 0.6) is 0 Å². The van der Waals surface area contributed by atoms with E-state index in [1.165, 1.54) is 10.9 Å². The monoisotopic (exact) mass is 323 g/mol. The molecule has 2 heterocycles. The van der Waals surface area contributed by atoms with Gasteiger partial charge in [0.25, 0.3) is 0 Å². The summed E-state index contributed by atoms with van der Waals surface area (Å²) in [5, 5.41) is 5.97. The van der Waals surface area contributed by atoms with E-state index in [2.05, 4.69) is 27.3 Å². The fourth-order valence-electron chi connectivity index (χ4n) is 2.65. The Balaban J connectivity index is 1.51. The van der Waals surface area contributed by atoms with Gasteiger partial charge >= 0.3 is 0 Å². The van der Waals surface area contributed by atoms with Gasteiger partial charge in [0.2, 0.25) is 11.7 Å². The maximum absolute atomic E-state index is 5.89. The second kappa shape index (κ2) is 5.89. The van der Waals surface area contributed by atoms with Crippen LogP contribution < -0.4 is 0 Å². The van der Waals surface area contributed by atoms with Crippen molar-refractivity contribution >= 4 is 22.5 Å². The molecule has 0 unspecified atom stereocenters. The number of nitrogens with zero attached hydrogens (tertiary/aromatic N) is 2. The molecule has 0 fully saturated rings. The first-order valence-electron chi connectivity index (χ1n) is 7.43. The number of aryl methyl sites for hydroxylation is 2. The van der Waals surface area contributed by atoms with Crippen molar-refractivity contribution in [2.24, 2.45) is 0 Å². The number of halogens is 1. The van der Waals surface area contributed by atoms with E-state index in [9.17, 15) is 0 Å². The first-order chi connectivity index (χ1) is 11.3. The highest BCUT2D eigenvalue weighted by atomic mass is 35.5. The molecule has 23 heavy (non-hydrogen) atoms. The summed E-state index contributed by atoms with van der Waals surface area (Å²) in [6.07, 6.45) is 3.61. The predicted molar refractivity (Wildman–Crippen MR) is 90.5 cm³/mol. The summed E-state index contributed by atoms with van der Waals surface area (Å²) >= 11 is 5.89. The number of benzene rings is 2. The van der Waals surface area contributed by atoms with Gasteiger partial charge in [-0.15, -0.1) is 0 Å². The van der Waals surface area contributed by atoms with Crippen molar-refractivity contribution in [3.63, 3.8) is 0 Å². The van der Waals surface area contributed by atoms with E-state index in [1.807, 2.05) is 42.6 Å². The molecular weight excluding hydrogens is 310 g/mol. The normalized spacial score (nSPS) is 11.2. The van der Waals surface area contributed by atoms with Gasteiger partial charge in [-0.05, 0) is 42.3 Å². The molecule has 4 nitrogen and oxygen atoms in total. The topological polar surface area (TPSA) is 54.7 Å². The van der Waals surface area contributed by atoms with Crippen LogP contribution >= 0.6 is 11.6 Å². The Labute approximate surface area is 138 Å². The van der Waals surface area contributed by atoms with Gasteiger partial charge in [-0.25, -0.2) is 0 Å². The molecule has 0 spiro atoms. The van der Waals surface area contributed by atoms with Crippen LogP contribution in [-0.2, 0) is 12.8 Å². The van der Waals surface area contributed by atoms with E-state index in [1.54, 1.807) is 0 Å². The molecule has 0 saturated carbocycles. The van der Waals surface area contributed by atoms with Crippen LogP contribution in [0, 0.1) is 0 Å². The van der Waals surface area contributed by atoms with Crippen LogP contribution in [0.1, 0.15) is 11.5 Å². The van der Waals surface area contributed by atoms with E-state index in [0.29, 0.717) is 23.2 Å². The average Bonchev–Trinajstić information content (AvgIpc) is 3.20. The Morgan fingerprint density at radius 1 is 1.00 bits per heavy atom. The molecule has 1 N–H and O–H groups in total. The molecule has 2 aromatic carbocycles. The molecule has 0 saturated heterocycles. The van der Waals surface area contributed by atoms with Gasteiger partial charge in [-0.1, -0.05) is 35.0 Å². The molecule has 0 atom stereocenters. The Morgan fingerprint density at radius 3 is 2.70 bits per heavy atom. The predicted octanol–water partition coefficient (Wildman–Crippen LogP) is 4.66. The minimum atomic E-state index is 0.593. The third-order valence-electron chi connectivity index (χ3n) is 3.85. The highest BCUT2D eigenvalue weighted by Gasteiger charge is 2.10. The van der Waals surface area contributed by atoms with Crippen LogP contribution in [0.3, 0.4) is 0 Å². The fraction of sp³-hybridized carbons (Fsp3) is 0.111. The van der Waals surface area contributed by atoms with E-state index in [-0.39, 0.29) is 0 Å². The lowest BCUT2D eigenvalue weighted by atomic mass is 10.1. The van der Waals surface area contributed by atoms with E-state index in [4.69, 9.17) is 16.1 Å². The summed E-state index contributed by atoms with van der Waals surface area (Å²) in [6.45, 7) is 0. The summed E-state index contributed by atoms with van der Waals surface area (Å²) in [6, 6.07) is 15.7. The van der Waals surface area contributed by atoms with Gasteiger partial charge in [-0.3, -0.25) is 0 Å². The number of hydrogen-bond donors (Lipinski definition) is 1. The SMILES string of the molecule is Clc1ccc(-c2noc(CCc3c[nH]c4ccccc34)n2)cc1. The van der Waals surface area contributed by atoms with Gasteiger partial charge < -0.3 is 9.51 Å². The molecule has 114 valence electrons. The van der Waals surface area contributed by atoms with Gasteiger partial charge in [0, 0.05) is 34.1 Å². The summed E-state index contributed by atoms with van der Waals surface area (Å²) in [5.41, 5.74) is 3.30. The average molecular weight is 324 g/mol. The maximum Gasteiger partial charge on any atom is 0.227 e. The number of rotatable bonds is 4. The largest absolute Gasteiger partial charge is 0.361 e. The Kier molecular flexibility index (Phi) is 3.60. The molecule has 5 heteroatoms. The van der Waals surface area contributed by atoms with E-state index in [0.717, 1.165) is 17.5 Å². The zero-order valence-electron chi connectivity index (χ0n) is 12.3. The minimum Gasteiger partial charge on any atom is -0.361 e. The lowest BCUT2D eigenvalue weighted by Crippen LogP contribution is -1.90. The van der Waals surface area contributed by atoms with E-state index >= 15 is 0 Å². The van der Waals surface area contributed by atoms with Crippen molar-refractivity contribution < 1.29 is 4.52 Å². The standard InChI is InChI=1S/C18H14ClN3O/c19-14-8-5-12(6-9-14)18-21-17(23-22-18)10-7-13-11-20-16-4-2-1-3-15(13)16/h1-6,8-9,11,20H,7,10H2. The highest BCUT2D eigenvalue weighted by Crippen LogP contribution is 2.21. The summed E-state index contributed by atoms with van der Waals surface area (Å²) in [4.78, 5) is 7.74. The first kappa shape index (κ1) is 14.0. The zero-order chi connectivity index (χ0) is 15.6. The second-order valence-electron chi connectivity index (χ2n) is 5.38. The number of para-hydroxylation sites is 1. The number of aromatic nitrogens is 3. The first-order valence-corrected chi connectivity index (χ1v) is 7.81. The van der Waals surface area contributed by atoms with Crippen molar-refractivity contribution in [1.29, 1.82) is 0 Å². The quantitative estimate of drug-likeness (QED) is 0.594. The minimum absolute atomic E-state index is 0.593. The van der Waals surface area contributed by atoms with Crippen molar-refractivity contribution in [3.05, 3.63) is 71.2 Å². The zero-order valence-corrected chi connectivity index (χ0v) is 13.0. The number of hydrogen-bond acceptors (Lipinski definition) is 3. The lowest BCUT2D eigenvalue weighted by Gasteiger charge is -1.96. The number of H-pyrrole nitrogens is 1. The molecule has 0 amide bonds. The van der Waals surface area contributed by atoms with Gasteiger partial charge in [0.1, 0.15) is 0 Å². The lowest BCUT2D eigenvalue weighted by molar-refractivity contribution is 0.379. The molecule has 0 aliphatic heterocycles. The van der Waals surface area contributed by atoms with Gasteiger partial charge in [0.15, 0.2) is 0 Å². The molecule has 4 rings (SSSR count). The van der Waals surface area contributed by atoms with Crippen LogP contribution in [0.15, 0.2) is 59.3 Å². The molecule has 0 radical (unpaired) electrons. The van der Waals surface area contributed by atoms with Crippen LogP contribution in [0.2, 0.25) is 5.02 Å². The molecule has 0 aliphatic rings. The number of aromatic amines is 1. The van der Waals surface area contributed by atoms with Gasteiger partial charge in [0.05, 0.1) is 0 Å². The summed E-state index contributed by atoms with van der Waals surface area (Å²) < 4.78 is 5.36. The molecule has 2 aromatic heterocycles. The van der Waals surface area contributed by atoms with Crippen molar-refractivity contribution in [1.82, 2.24) is 15.1 Å². The van der Waals surface area contributed by atoms with E-state index < -0.39 is 0 Å². The van der Waals surface area contributed by atoms with Crippen LogP contribution in [0.4, 0.5) is 0 Å². The van der Waals surface area contributed by atoms with Crippen molar-refractivity contribution in [2.75, 3.05) is 0 Å². The van der Waals surface area contributed by atoms with Crippen LogP contribution in [0.25, 0.3) is 22.3 Å². The molecular formula is C18H14ClN3O. The Morgan fingerprint density at radius 2 is 1.83 bits per heavy atom. The summed E-state index contributed by atoms with van der Waals surface area (Å²) in [7, 11) is 0. The van der Waals surface area contributed by atoms with Crippen molar-refractivity contribution in [3.8, 4) is 11.4 Å². The Hall–Kier alpha value is -2.59. The second-order valence-corrected chi connectivity index (χ2v) is 5.81. The van der Waals surface area contributed by atoms with Crippen molar-refractivity contribution in [2.45, 2.75) is 12.8 Å². The molecule has 0 bridgehead atoms. The fourth-order valence-corrected chi connectivity index (χ4v) is 2.78. The highest BCUT2D eigenvalue weighted by molar-refractivity contribution is 6.30. The van der Waals surface area contributed by atoms with Crippen LogP contribution in [-0.4, -0.2) is 15.1 Å². The number of nitrogens with one attached hydrogen (secondary N) is 1. The van der Waals surface area contributed by atoms with Gasteiger partial charge in [-0.2, -0.15) is 4.98 Å². The Bertz CT molecular complexity index is 940. The maximum atomic E-state index is 5.89. The smallest absolute Gasteiger partial charge is 0.227 e. The third kappa shape index (κ3) is 2.85.